The summed E-state index contributed by atoms with van der Waals surface area (Å²) in [6.07, 6.45) is 9.94. The van der Waals surface area contributed by atoms with Crippen molar-refractivity contribution in [3.05, 3.63) is 64.6 Å². The molecule has 0 atom stereocenters. The molecule has 33 heavy (non-hydrogen) atoms. The maximum atomic E-state index is 13.0. The topological polar surface area (TPSA) is 75.6 Å². The molecule has 1 aliphatic heterocycles. The fourth-order valence-corrected chi connectivity index (χ4v) is 4.72. The van der Waals surface area contributed by atoms with Gasteiger partial charge in [-0.05, 0) is 55.9 Å². The van der Waals surface area contributed by atoms with E-state index in [9.17, 15) is 4.79 Å². The molecule has 4 aromatic rings. The van der Waals surface area contributed by atoms with Crippen molar-refractivity contribution in [2.45, 2.75) is 37.5 Å². The van der Waals surface area contributed by atoms with E-state index in [0.717, 1.165) is 43.1 Å². The molecule has 0 radical (unpaired) electrons. The average molecular weight is 446 g/mol. The zero-order valence-corrected chi connectivity index (χ0v) is 18.9. The predicted molar refractivity (Wildman–Crippen MR) is 124 cm³/mol. The summed E-state index contributed by atoms with van der Waals surface area (Å²) in [4.78, 5) is 17.5. The zero-order chi connectivity index (χ0) is 22.5. The largest absolute Gasteiger partial charge is 0.439 e. The van der Waals surface area contributed by atoms with Crippen LogP contribution in [0.2, 0.25) is 0 Å². The van der Waals surface area contributed by atoms with Crippen molar-refractivity contribution in [3.63, 3.8) is 0 Å². The van der Waals surface area contributed by atoms with Gasteiger partial charge in [-0.15, -0.1) is 0 Å². The number of fused-ring (bicyclic) bond motifs is 1. The molecule has 1 aromatic carbocycles. The smallest absolute Gasteiger partial charge is 0.279 e. The van der Waals surface area contributed by atoms with Gasteiger partial charge in [0.1, 0.15) is 17.1 Å². The molecule has 6 rings (SSSR count). The Bertz CT molecular complexity index is 1370. The van der Waals surface area contributed by atoms with Crippen LogP contribution in [0.4, 0.5) is 0 Å². The Labute approximate surface area is 191 Å². The van der Waals surface area contributed by atoms with Crippen molar-refractivity contribution in [1.29, 1.82) is 0 Å². The summed E-state index contributed by atoms with van der Waals surface area (Å²) < 4.78 is 17.0. The van der Waals surface area contributed by atoms with Crippen molar-refractivity contribution in [2.75, 3.05) is 13.2 Å². The highest BCUT2D eigenvalue weighted by Crippen LogP contribution is 2.44. The molecule has 0 bridgehead atoms. The van der Waals surface area contributed by atoms with Crippen LogP contribution >= 0.6 is 0 Å². The first-order valence-corrected chi connectivity index (χ1v) is 11.5. The minimum absolute atomic E-state index is 0.127. The lowest BCUT2D eigenvalue weighted by atomic mass is 10.00. The minimum Gasteiger partial charge on any atom is -0.439 e. The molecule has 1 saturated heterocycles. The first-order valence-electron chi connectivity index (χ1n) is 11.5. The molecular formula is C25H27N5O3. The number of aromatic nitrogens is 5. The van der Waals surface area contributed by atoms with Gasteiger partial charge < -0.3 is 9.47 Å². The third-order valence-electron chi connectivity index (χ3n) is 6.73. The van der Waals surface area contributed by atoms with Crippen LogP contribution in [-0.2, 0) is 18.8 Å². The molecule has 3 aromatic heterocycles. The standard InChI is InChI=1S/C25H27N5O3/c1-28-14-20(16-3-4-16)23(27-28)17-5-7-19(8-6-17)33-22-15-30-21(25(31)29(22)2)13-26-24(30)18-9-11-32-12-10-18/h5-8,13-16,18H,3-4,9-12H2,1-2H3. The van der Waals surface area contributed by atoms with Crippen molar-refractivity contribution in [1.82, 2.24) is 23.7 Å². The first-order chi connectivity index (χ1) is 16.1. The lowest BCUT2D eigenvalue weighted by Gasteiger charge is -2.21. The maximum Gasteiger partial charge on any atom is 0.279 e. The Morgan fingerprint density at radius 3 is 2.48 bits per heavy atom. The predicted octanol–water partition coefficient (Wildman–Crippen LogP) is 4.00. The molecule has 1 saturated carbocycles. The van der Waals surface area contributed by atoms with Crippen LogP contribution in [-0.4, -0.2) is 36.9 Å². The van der Waals surface area contributed by atoms with E-state index in [0.29, 0.717) is 23.1 Å². The highest BCUT2D eigenvalue weighted by molar-refractivity contribution is 5.65. The molecule has 8 nitrogen and oxygen atoms in total. The average Bonchev–Trinajstić information content (AvgIpc) is 3.48. The molecule has 2 aliphatic rings. The molecular weight excluding hydrogens is 418 g/mol. The molecule has 0 N–H and O–H groups in total. The van der Waals surface area contributed by atoms with E-state index >= 15 is 0 Å². The Morgan fingerprint density at radius 1 is 1.00 bits per heavy atom. The SMILES string of the molecule is Cn1cc(C2CC2)c(-c2ccc(Oc3cn4c(C5CCOCC5)ncc4c(=O)n3C)cc2)n1. The number of aryl methyl sites for hydroxylation is 1. The highest BCUT2D eigenvalue weighted by atomic mass is 16.5. The number of nitrogens with zero attached hydrogens (tertiary/aromatic N) is 5. The number of benzene rings is 1. The van der Waals surface area contributed by atoms with Crippen molar-refractivity contribution in [2.24, 2.45) is 14.1 Å². The quantitative estimate of drug-likeness (QED) is 0.464. The van der Waals surface area contributed by atoms with E-state index in [1.807, 2.05) is 46.6 Å². The summed E-state index contributed by atoms with van der Waals surface area (Å²) in [5.74, 6) is 2.95. The Hall–Kier alpha value is -3.39. The summed E-state index contributed by atoms with van der Waals surface area (Å²) in [7, 11) is 3.69. The Morgan fingerprint density at radius 2 is 1.76 bits per heavy atom. The number of ether oxygens (including phenoxy) is 2. The van der Waals surface area contributed by atoms with Crippen LogP contribution in [0.25, 0.3) is 16.8 Å². The van der Waals surface area contributed by atoms with E-state index in [4.69, 9.17) is 9.47 Å². The summed E-state index contributed by atoms with van der Waals surface area (Å²) in [6, 6.07) is 7.93. The first kappa shape index (κ1) is 20.2. The maximum absolute atomic E-state index is 13.0. The van der Waals surface area contributed by atoms with E-state index in [1.165, 1.54) is 23.0 Å². The third-order valence-corrected chi connectivity index (χ3v) is 6.73. The number of imidazole rings is 1. The second-order valence-electron chi connectivity index (χ2n) is 9.10. The van der Waals surface area contributed by atoms with Crippen LogP contribution < -0.4 is 10.3 Å². The van der Waals surface area contributed by atoms with Gasteiger partial charge in [0, 0.05) is 50.6 Å². The highest BCUT2D eigenvalue weighted by Gasteiger charge is 2.28. The van der Waals surface area contributed by atoms with Gasteiger partial charge in [-0.1, -0.05) is 0 Å². The zero-order valence-electron chi connectivity index (χ0n) is 18.9. The molecule has 0 spiro atoms. The van der Waals surface area contributed by atoms with Gasteiger partial charge in [0.15, 0.2) is 0 Å². The van der Waals surface area contributed by atoms with Crippen LogP contribution in [0.1, 0.15) is 48.9 Å². The molecule has 4 heterocycles. The molecule has 0 unspecified atom stereocenters. The normalized spacial score (nSPS) is 17.0. The van der Waals surface area contributed by atoms with Crippen LogP contribution in [0.15, 0.2) is 47.7 Å². The number of hydrogen-bond donors (Lipinski definition) is 0. The number of rotatable bonds is 5. The third kappa shape index (κ3) is 3.64. The van der Waals surface area contributed by atoms with Crippen molar-refractivity contribution < 1.29 is 9.47 Å². The summed E-state index contributed by atoms with van der Waals surface area (Å²) >= 11 is 0. The van der Waals surface area contributed by atoms with Crippen LogP contribution in [0.3, 0.4) is 0 Å². The van der Waals surface area contributed by atoms with Gasteiger partial charge in [-0.2, -0.15) is 5.10 Å². The van der Waals surface area contributed by atoms with Gasteiger partial charge >= 0.3 is 0 Å². The van der Waals surface area contributed by atoms with Gasteiger partial charge in [-0.3, -0.25) is 18.4 Å². The van der Waals surface area contributed by atoms with Crippen molar-refractivity contribution in [3.8, 4) is 22.9 Å². The molecule has 0 amide bonds. The van der Waals surface area contributed by atoms with Gasteiger partial charge in [0.05, 0.1) is 18.1 Å². The van der Waals surface area contributed by atoms with Gasteiger partial charge in [0.25, 0.3) is 5.56 Å². The van der Waals surface area contributed by atoms with Gasteiger partial charge in [0.2, 0.25) is 5.88 Å². The summed E-state index contributed by atoms with van der Waals surface area (Å²) in [5.41, 5.74) is 3.87. The molecule has 2 fully saturated rings. The summed E-state index contributed by atoms with van der Waals surface area (Å²) in [5, 5.41) is 4.68. The summed E-state index contributed by atoms with van der Waals surface area (Å²) in [6.45, 7) is 1.44. The van der Waals surface area contributed by atoms with Gasteiger partial charge in [-0.25, -0.2) is 4.98 Å². The van der Waals surface area contributed by atoms with Crippen LogP contribution in [0, 0.1) is 0 Å². The lowest BCUT2D eigenvalue weighted by Crippen LogP contribution is -2.22. The fraction of sp³-hybridized carbons (Fsp3) is 0.400. The monoisotopic (exact) mass is 445 g/mol. The van der Waals surface area contributed by atoms with E-state index < -0.39 is 0 Å². The Kier molecular flexibility index (Phi) is 4.83. The molecule has 170 valence electrons. The lowest BCUT2D eigenvalue weighted by molar-refractivity contribution is 0.0834. The van der Waals surface area contributed by atoms with Crippen LogP contribution in [0.5, 0.6) is 11.6 Å². The molecule has 8 heteroatoms. The van der Waals surface area contributed by atoms with Crippen molar-refractivity contribution >= 4 is 5.52 Å². The second kappa shape index (κ2) is 7.88. The fourth-order valence-electron chi connectivity index (χ4n) is 4.72. The van der Waals surface area contributed by atoms with E-state index in [1.54, 1.807) is 13.2 Å². The van der Waals surface area contributed by atoms with E-state index in [-0.39, 0.29) is 11.5 Å². The minimum atomic E-state index is -0.127. The second-order valence-corrected chi connectivity index (χ2v) is 9.10. The molecule has 1 aliphatic carbocycles. The Balaban J connectivity index is 1.31. The number of hydrogen-bond acceptors (Lipinski definition) is 5. The van der Waals surface area contributed by atoms with E-state index in [2.05, 4.69) is 16.3 Å².